The van der Waals surface area contributed by atoms with Gasteiger partial charge in [0.1, 0.15) is 0 Å². The van der Waals surface area contributed by atoms with E-state index in [-0.39, 0.29) is 5.56 Å². The van der Waals surface area contributed by atoms with Crippen LogP contribution >= 0.6 is 0 Å². The summed E-state index contributed by atoms with van der Waals surface area (Å²) < 4.78 is 5.08. The molecule has 1 saturated heterocycles. The summed E-state index contributed by atoms with van der Waals surface area (Å²) in [6.07, 6.45) is 1.10. The lowest BCUT2D eigenvalue weighted by Crippen LogP contribution is -3.14. The number of methoxy groups -OCH3 is 1. The SMILES string of the molecule is COCCC[NH+]1CCN(c2ccc(C(=O)[O-])cc2)CC1. The lowest BCUT2D eigenvalue weighted by Gasteiger charge is -2.33. The van der Waals surface area contributed by atoms with Crippen LogP contribution in [0.4, 0.5) is 5.69 Å². The maximum atomic E-state index is 10.7. The molecule has 1 fully saturated rings. The van der Waals surface area contributed by atoms with Crippen molar-refractivity contribution >= 4 is 11.7 Å². The van der Waals surface area contributed by atoms with E-state index in [1.54, 1.807) is 24.1 Å². The molecule has 0 atom stereocenters. The molecule has 5 heteroatoms. The number of nitrogens with one attached hydrogen (secondary N) is 1. The van der Waals surface area contributed by atoms with Crippen molar-refractivity contribution in [1.29, 1.82) is 0 Å². The molecule has 0 saturated carbocycles. The number of carbonyl (C=O) groups is 1. The molecule has 0 bridgehead atoms. The average Bonchev–Trinajstić information content (AvgIpc) is 2.48. The molecule has 0 aromatic heterocycles. The van der Waals surface area contributed by atoms with Crippen LogP contribution in [0.5, 0.6) is 0 Å². The second-order valence-corrected chi connectivity index (χ2v) is 5.17. The second-order valence-electron chi connectivity index (χ2n) is 5.17. The molecule has 2 rings (SSSR count). The van der Waals surface area contributed by atoms with Crippen LogP contribution in [0, 0.1) is 0 Å². The van der Waals surface area contributed by atoms with Crippen molar-refractivity contribution in [3.63, 3.8) is 0 Å². The van der Waals surface area contributed by atoms with Gasteiger partial charge in [-0.15, -0.1) is 0 Å². The summed E-state index contributed by atoms with van der Waals surface area (Å²) >= 11 is 0. The molecule has 1 N–H and O–H groups in total. The van der Waals surface area contributed by atoms with Crippen LogP contribution in [0.3, 0.4) is 0 Å². The van der Waals surface area contributed by atoms with Crippen LogP contribution in [0.25, 0.3) is 0 Å². The largest absolute Gasteiger partial charge is 0.545 e. The number of carboxylic acids is 1. The fourth-order valence-corrected chi connectivity index (χ4v) is 2.61. The molecular formula is C15H22N2O3. The highest BCUT2D eigenvalue weighted by Crippen LogP contribution is 2.14. The fraction of sp³-hybridized carbons (Fsp3) is 0.533. The maximum Gasteiger partial charge on any atom is 0.0949 e. The number of aromatic carboxylic acids is 1. The van der Waals surface area contributed by atoms with E-state index in [4.69, 9.17) is 4.74 Å². The molecule has 1 aliphatic rings. The van der Waals surface area contributed by atoms with Gasteiger partial charge in [-0.1, -0.05) is 12.1 Å². The number of hydrogen-bond donors (Lipinski definition) is 1. The van der Waals surface area contributed by atoms with Gasteiger partial charge in [0.25, 0.3) is 0 Å². The number of rotatable bonds is 6. The zero-order valence-electron chi connectivity index (χ0n) is 11.9. The molecular weight excluding hydrogens is 256 g/mol. The number of nitrogens with zero attached hydrogens (tertiary/aromatic N) is 1. The maximum absolute atomic E-state index is 10.7. The highest BCUT2D eigenvalue weighted by Gasteiger charge is 2.19. The van der Waals surface area contributed by atoms with E-state index in [0.717, 1.165) is 51.4 Å². The molecule has 0 unspecified atom stereocenters. The molecule has 20 heavy (non-hydrogen) atoms. The van der Waals surface area contributed by atoms with Crippen molar-refractivity contribution in [2.75, 3.05) is 51.3 Å². The Morgan fingerprint density at radius 1 is 1.30 bits per heavy atom. The highest BCUT2D eigenvalue weighted by atomic mass is 16.5. The normalized spacial score (nSPS) is 16.4. The highest BCUT2D eigenvalue weighted by molar-refractivity contribution is 5.86. The van der Waals surface area contributed by atoms with Gasteiger partial charge in [0.05, 0.1) is 45.3 Å². The van der Waals surface area contributed by atoms with E-state index >= 15 is 0 Å². The number of piperazine rings is 1. The molecule has 1 heterocycles. The van der Waals surface area contributed by atoms with E-state index in [1.165, 1.54) is 0 Å². The zero-order chi connectivity index (χ0) is 14.4. The molecule has 0 spiro atoms. The van der Waals surface area contributed by atoms with Crippen molar-refractivity contribution in [2.24, 2.45) is 0 Å². The minimum Gasteiger partial charge on any atom is -0.545 e. The van der Waals surface area contributed by atoms with Crippen molar-refractivity contribution in [3.05, 3.63) is 29.8 Å². The van der Waals surface area contributed by atoms with E-state index in [1.807, 2.05) is 12.1 Å². The number of carbonyl (C=O) groups excluding carboxylic acids is 1. The summed E-state index contributed by atoms with van der Waals surface area (Å²) in [6, 6.07) is 6.95. The summed E-state index contributed by atoms with van der Waals surface area (Å²) in [5.41, 5.74) is 1.32. The summed E-state index contributed by atoms with van der Waals surface area (Å²) in [6.45, 7) is 6.24. The topological polar surface area (TPSA) is 57.0 Å². The predicted octanol–water partition coefficient (Wildman–Crippen LogP) is -1.21. The summed E-state index contributed by atoms with van der Waals surface area (Å²) in [5.74, 6) is -1.12. The number of ether oxygens (including phenoxy) is 1. The fourth-order valence-electron chi connectivity index (χ4n) is 2.61. The Kier molecular flexibility index (Phi) is 5.38. The van der Waals surface area contributed by atoms with Gasteiger partial charge in [0.15, 0.2) is 0 Å². The third-order valence-electron chi connectivity index (χ3n) is 3.82. The van der Waals surface area contributed by atoms with E-state index < -0.39 is 5.97 Å². The van der Waals surface area contributed by atoms with Crippen LogP contribution in [0.2, 0.25) is 0 Å². The minimum atomic E-state index is -1.12. The standard InChI is InChI=1S/C15H22N2O3/c1-20-12-2-7-16-8-10-17(11-9-16)14-5-3-13(4-6-14)15(18)19/h3-6H,2,7-12H2,1H3,(H,18,19). The molecule has 0 radical (unpaired) electrons. The predicted molar refractivity (Wildman–Crippen MR) is 75.0 cm³/mol. The molecule has 0 aliphatic carbocycles. The Labute approximate surface area is 119 Å². The minimum absolute atomic E-state index is 0.234. The van der Waals surface area contributed by atoms with E-state index in [0.29, 0.717) is 0 Å². The summed E-state index contributed by atoms with van der Waals surface area (Å²) in [7, 11) is 1.74. The van der Waals surface area contributed by atoms with Gasteiger partial charge in [0.2, 0.25) is 0 Å². The first-order valence-electron chi connectivity index (χ1n) is 7.09. The van der Waals surface area contributed by atoms with E-state index in [2.05, 4.69) is 4.90 Å². The first-order valence-corrected chi connectivity index (χ1v) is 7.09. The van der Waals surface area contributed by atoms with Crippen molar-refractivity contribution in [3.8, 4) is 0 Å². The lowest BCUT2D eigenvalue weighted by molar-refractivity contribution is -0.900. The number of quaternary nitrogens is 1. The molecule has 110 valence electrons. The summed E-state index contributed by atoms with van der Waals surface area (Å²) in [4.78, 5) is 14.6. The molecule has 5 nitrogen and oxygen atoms in total. The third-order valence-corrected chi connectivity index (χ3v) is 3.82. The smallest absolute Gasteiger partial charge is 0.0949 e. The van der Waals surface area contributed by atoms with Gasteiger partial charge in [-0.25, -0.2) is 0 Å². The van der Waals surface area contributed by atoms with Crippen LogP contribution in [0.15, 0.2) is 24.3 Å². The third kappa shape index (κ3) is 3.95. The van der Waals surface area contributed by atoms with Crippen molar-refractivity contribution < 1.29 is 19.5 Å². The van der Waals surface area contributed by atoms with Gasteiger partial charge in [-0.3, -0.25) is 0 Å². The second kappa shape index (κ2) is 7.26. The van der Waals surface area contributed by atoms with Gasteiger partial charge in [-0.2, -0.15) is 0 Å². The molecule has 1 aliphatic heterocycles. The number of hydrogen-bond acceptors (Lipinski definition) is 4. The van der Waals surface area contributed by atoms with E-state index in [9.17, 15) is 9.90 Å². The van der Waals surface area contributed by atoms with Crippen LogP contribution in [-0.4, -0.2) is 52.4 Å². The number of anilines is 1. The summed E-state index contributed by atoms with van der Waals surface area (Å²) in [5, 5.41) is 10.7. The molecule has 1 aromatic rings. The monoisotopic (exact) mass is 278 g/mol. The Hall–Kier alpha value is -1.59. The van der Waals surface area contributed by atoms with Gasteiger partial charge in [-0.05, 0) is 17.7 Å². The van der Waals surface area contributed by atoms with Gasteiger partial charge < -0.3 is 24.4 Å². The lowest BCUT2D eigenvalue weighted by atomic mass is 10.2. The van der Waals surface area contributed by atoms with Crippen molar-refractivity contribution in [2.45, 2.75) is 6.42 Å². The first kappa shape index (κ1) is 14.8. The Morgan fingerprint density at radius 3 is 2.50 bits per heavy atom. The molecule has 1 aromatic carbocycles. The first-order chi connectivity index (χ1) is 9.70. The van der Waals surface area contributed by atoms with Crippen molar-refractivity contribution in [1.82, 2.24) is 0 Å². The Balaban J connectivity index is 1.82. The van der Waals surface area contributed by atoms with Gasteiger partial charge >= 0.3 is 0 Å². The van der Waals surface area contributed by atoms with Gasteiger partial charge in [0, 0.05) is 19.2 Å². The van der Waals surface area contributed by atoms with Crippen LogP contribution in [-0.2, 0) is 4.74 Å². The zero-order valence-corrected chi connectivity index (χ0v) is 11.9. The van der Waals surface area contributed by atoms with Crippen LogP contribution in [0.1, 0.15) is 16.8 Å². The average molecular weight is 278 g/mol. The molecule has 0 amide bonds. The Morgan fingerprint density at radius 2 is 1.95 bits per heavy atom. The van der Waals surface area contributed by atoms with Crippen LogP contribution < -0.4 is 14.9 Å². The number of carboxylic acid groups (broad SMARTS) is 1. The quantitative estimate of drug-likeness (QED) is 0.664. The number of benzene rings is 1. The Bertz CT molecular complexity index is 425.